The van der Waals surface area contributed by atoms with Crippen LogP contribution in [0.15, 0.2) is 30.5 Å². The maximum absolute atomic E-state index is 5.89. The molecule has 0 saturated carbocycles. The molecule has 0 bridgehead atoms. The van der Waals surface area contributed by atoms with Crippen molar-refractivity contribution in [3.8, 4) is 11.6 Å². The van der Waals surface area contributed by atoms with Gasteiger partial charge in [-0.15, -0.1) is 0 Å². The van der Waals surface area contributed by atoms with Crippen LogP contribution < -0.4 is 4.74 Å². The van der Waals surface area contributed by atoms with Crippen LogP contribution in [0.5, 0.6) is 11.6 Å². The Balaban J connectivity index is 2.30. The highest BCUT2D eigenvalue weighted by atomic mass is 79.9. The lowest BCUT2D eigenvalue weighted by Crippen LogP contribution is -1.95. The third kappa shape index (κ3) is 2.72. The molecule has 94 valence electrons. The number of alkyl halides is 1. The summed E-state index contributed by atoms with van der Waals surface area (Å²) >= 11 is 3.40. The van der Waals surface area contributed by atoms with Gasteiger partial charge in [-0.05, 0) is 43.0 Å². The third-order valence-electron chi connectivity index (χ3n) is 3.03. The van der Waals surface area contributed by atoms with Crippen molar-refractivity contribution >= 4 is 15.9 Å². The van der Waals surface area contributed by atoms with E-state index in [1.54, 1.807) is 0 Å². The maximum atomic E-state index is 5.89. The van der Waals surface area contributed by atoms with Crippen molar-refractivity contribution in [1.29, 1.82) is 0 Å². The third-order valence-corrected chi connectivity index (χ3v) is 3.68. The molecule has 0 spiro atoms. The quantitative estimate of drug-likeness (QED) is 0.767. The smallest absolute Gasteiger partial charge is 0.219 e. The topological polar surface area (TPSA) is 22.1 Å². The first kappa shape index (κ1) is 13.1. The monoisotopic (exact) mass is 305 g/mol. The standard InChI is InChI=1S/C15H16BrNO/c1-10-4-5-11(2)15(12(10)3)18-14-7-6-13(8-16)9-17-14/h4-7,9H,8H2,1-3H3. The fourth-order valence-electron chi connectivity index (χ4n) is 1.74. The molecule has 0 unspecified atom stereocenters. The number of ether oxygens (including phenoxy) is 1. The molecule has 0 fully saturated rings. The zero-order valence-electron chi connectivity index (χ0n) is 10.8. The Morgan fingerprint density at radius 2 is 1.78 bits per heavy atom. The van der Waals surface area contributed by atoms with Gasteiger partial charge in [0.15, 0.2) is 0 Å². The van der Waals surface area contributed by atoms with Gasteiger partial charge in [0.1, 0.15) is 5.75 Å². The number of aryl methyl sites for hydroxylation is 2. The molecule has 1 aromatic heterocycles. The SMILES string of the molecule is Cc1ccc(C)c(Oc2ccc(CBr)cn2)c1C. The summed E-state index contributed by atoms with van der Waals surface area (Å²) in [7, 11) is 0. The average molecular weight is 306 g/mol. The predicted octanol–water partition coefficient (Wildman–Crippen LogP) is 4.69. The molecule has 2 rings (SSSR count). The lowest BCUT2D eigenvalue weighted by molar-refractivity contribution is 0.455. The zero-order valence-corrected chi connectivity index (χ0v) is 12.4. The van der Waals surface area contributed by atoms with Crippen LogP contribution >= 0.6 is 15.9 Å². The van der Waals surface area contributed by atoms with E-state index in [0.29, 0.717) is 5.88 Å². The van der Waals surface area contributed by atoms with Gasteiger partial charge in [-0.25, -0.2) is 4.98 Å². The fraction of sp³-hybridized carbons (Fsp3) is 0.267. The minimum atomic E-state index is 0.636. The molecule has 3 heteroatoms. The lowest BCUT2D eigenvalue weighted by atomic mass is 10.1. The Bertz CT molecular complexity index is 549. The summed E-state index contributed by atoms with van der Waals surface area (Å²) in [5.41, 5.74) is 4.67. The first-order chi connectivity index (χ1) is 8.61. The Morgan fingerprint density at radius 3 is 2.39 bits per heavy atom. The number of rotatable bonds is 3. The number of halogens is 1. The molecule has 0 atom stereocenters. The molecule has 18 heavy (non-hydrogen) atoms. The molecule has 0 aliphatic carbocycles. The minimum absolute atomic E-state index is 0.636. The van der Waals surface area contributed by atoms with Gasteiger partial charge in [0.25, 0.3) is 0 Å². The molecular weight excluding hydrogens is 290 g/mol. The summed E-state index contributed by atoms with van der Waals surface area (Å²) in [6, 6.07) is 8.10. The fourth-order valence-corrected chi connectivity index (χ4v) is 2.07. The zero-order chi connectivity index (χ0) is 13.1. The minimum Gasteiger partial charge on any atom is -0.438 e. The lowest BCUT2D eigenvalue weighted by Gasteiger charge is -2.12. The van der Waals surface area contributed by atoms with Crippen molar-refractivity contribution in [2.45, 2.75) is 26.1 Å². The number of hydrogen-bond acceptors (Lipinski definition) is 2. The second-order valence-corrected chi connectivity index (χ2v) is 4.95. The van der Waals surface area contributed by atoms with E-state index in [1.165, 1.54) is 11.1 Å². The summed E-state index contributed by atoms with van der Waals surface area (Å²) in [5.74, 6) is 1.55. The Labute approximate surface area is 116 Å². The molecule has 0 saturated heterocycles. The van der Waals surface area contributed by atoms with Gasteiger partial charge in [-0.1, -0.05) is 34.1 Å². The molecule has 1 heterocycles. The molecule has 1 aromatic carbocycles. The molecule has 0 aliphatic heterocycles. The highest BCUT2D eigenvalue weighted by molar-refractivity contribution is 9.08. The van der Waals surface area contributed by atoms with E-state index in [2.05, 4.69) is 53.8 Å². The van der Waals surface area contributed by atoms with Crippen LogP contribution in [-0.2, 0) is 5.33 Å². The van der Waals surface area contributed by atoms with Crippen LogP contribution in [0.1, 0.15) is 22.3 Å². The van der Waals surface area contributed by atoms with Crippen molar-refractivity contribution < 1.29 is 4.74 Å². The number of aromatic nitrogens is 1. The Morgan fingerprint density at radius 1 is 1.06 bits per heavy atom. The Hall–Kier alpha value is -1.35. The van der Waals surface area contributed by atoms with E-state index in [0.717, 1.165) is 22.2 Å². The second kappa shape index (κ2) is 5.53. The summed E-state index contributed by atoms with van der Waals surface area (Å²) < 4.78 is 5.89. The molecular formula is C15H16BrNO. The largest absolute Gasteiger partial charge is 0.438 e. The van der Waals surface area contributed by atoms with E-state index in [1.807, 2.05) is 18.3 Å². The molecule has 0 amide bonds. The number of benzene rings is 1. The Kier molecular flexibility index (Phi) is 4.02. The molecule has 2 nitrogen and oxygen atoms in total. The highest BCUT2D eigenvalue weighted by Gasteiger charge is 2.08. The van der Waals surface area contributed by atoms with Crippen LogP contribution in [0.2, 0.25) is 0 Å². The highest BCUT2D eigenvalue weighted by Crippen LogP contribution is 2.29. The summed E-state index contributed by atoms with van der Waals surface area (Å²) in [6.45, 7) is 6.21. The van der Waals surface area contributed by atoms with Crippen LogP contribution in [0.25, 0.3) is 0 Å². The van der Waals surface area contributed by atoms with Gasteiger partial charge in [0.2, 0.25) is 5.88 Å². The first-order valence-electron chi connectivity index (χ1n) is 5.87. The van der Waals surface area contributed by atoms with Gasteiger partial charge in [-0.3, -0.25) is 0 Å². The van der Waals surface area contributed by atoms with Gasteiger partial charge >= 0.3 is 0 Å². The van der Waals surface area contributed by atoms with E-state index in [-0.39, 0.29) is 0 Å². The number of hydrogen-bond donors (Lipinski definition) is 0. The molecule has 0 radical (unpaired) electrons. The van der Waals surface area contributed by atoms with Crippen LogP contribution in [0.4, 0.5) is 0 Å². The molecule has 2 aromatic rings. The van der Waals surface area contributed by atoms with Crippen LogP contribution in [0, 0.1) is 20.8 Å². The van der Waals surface area contributed by atoms with Gasteiger partial charge in [-0.2, -0.15) is 0 Å². The summed E-state index contributed by atoms with van der Waals surface area (Å²) in [4.78, 5) is 4.30. The number of pyridine rings is 1. The average Bonchev–Trinajstić information content (AvgIpc) is 2.40. The van der Waals surface area contributed by atoms with Crippen LogP contribution in [0.3, 0.4) is 0 Å². The molecule has 0 N–H and O–H groups in total. The van der Waals surface area contributed by atoms with E-state index >= 15 is 0 Å². The number of nitrogens with zero attached hydrogens (tertiary/aromatic N) is 1. The van der Waals surface area contributed by atoms with Crippen LogP contribution in [-0.4, -0.2) is 4.98 Å². The predicted molar refractivity (Wildman–Crippen MR) is 77.6 cm³/mol. The summed E-state index contributed by atoms with van der Waals surface area (Å²) in [5, 5.41) is 0.808. The molecule has 0 aliphatic rings. The van der Waals surface area contributed by atoms with E-state index in [4.69, 9.17) is 4.74 Å². The van der Waals surface area contributed by atoms with Gasteiger partial charge in [0, 0.05) is 17.6 Å². The van der Waals surface area contributed by atoms with Crippen molar-refractivity contribution in [2.24, 2.45) is 0 Å². The van der Waals surface area contributed by atoms with Crippen molar-refractivity contribution in [2.75, 3.05) is 0 Å². The van der Waals surface area contributed by atoms with Crippen molar-refractivity contribution in [3.05, 3.63) is 52.7 Å². The van der Waals surface area contributed by atoms with Crippen molar-refractivity contribution in [3.63, 3.8) is 0 Å². The van der Waals surface area contributed by atoms with E-state index in [9.17, 15) is 0 Å². The second-order valence-electron chi connectivity index (χ2n) is 4.39. The maximum Gasteiger partial charge on any atom is 0.219 e. The van der Waals surface area contributed by atoms with E-state index < -0.39 is 0 Å². The normalized spacial score (nSPS) is 10.4. The first-order valence-corrected chi connectivity index (χ1v) is 6.99. The van der Waals surface area contributed by atoms with Crippen molar-refractivity contribution in [1.82, 2.24) is 4.98 Å². The van der Waals surface area contributed by atoms with Gasteiger partial charge in [0.05, 0.1) is 0 Å². The summed E-state index contributed by atoms with van der Waals surface area (Å²) in [6.07, 6.45) is 1.82. The van der Waals surface area contributed by atoms with Gasteiger partial charge < -0.3 is 4.74 Å².